The highest BCUT2D eigenvalue weighted by Crippen LogP contribution is 2.25. The van der Waals surface area contributed by atoms with Crippen LogP contribution in [0.4, 0.5) is 5.69 Å². The van der Waals surface area contributed by atoms with Crippen molar-refractivity contribution < 1.29 is 9.90 Å². The van der Waals surface area contributed by atoms with E-state index in [9.17, 15) is 4.79 Å². The molecule has 1 aromatic heterocycles. The molecular formula is C18H16N2O2S. The number of benzene rings is 2. The number of hydrogen-bond donors (Lipinski definition) is 2. The van der Waals surface area contributed by atoms with Gasteiger partial charge in [0, 0.05) is 17.3 Å². The predicted octanol–water partition coefficient (Wildman–Crippen LogP) is 3.46. The van der Waals surface area contributed by atoms with E-state index in [-0.39, 0.29) is 18.3 Å². The van der Waals surface area contributed by atoms with Crippen molar-refractivity contribution in [3.05, 3.63) is 66.4 Å². The Kier molecular flexibility index (Phi) is 4.90. The lowest BCUT2D eigenvalue weighted by Gasteiger charge is -2.07. The van der Waals surface area contributed by atoms with E-state index < -0.39 is 0 Å². The molecular weight excluding hydrogens is 308 g/mol. The molecule has 5 heteroatoms. The largest absolute Gasteiger partial charge is 0.392 e. The Balaban J connectivity index is 1.66. The van der Waals surface area contributed by atoms with Gasteiger partial charge in [-0.05, 0) is 29.1 Å². The van der Waals surface area contributed by atoms with Crippen LogP contribution in [-0.2, 0) is 11.4 Å². The third-order valence-corrected chi connectivity index (χ3v) is 4.38. The van der Waals surface area contributed by atoms with Crippen molar-refractivity contribution in [2.24, 2.45) is 0 Å². The van der Waals surface area contributed by atoms with Gasteiger partial charge in [0.15, 0.2) is 0 Å². The average molecular weight is 324 g/mol. The fourth-order valence-corrected chi connectivity index (χ4v) is 3.10. The molecule has 4 nitrogen and oxygen atoms in total. The zero-order valence-electron chi connectivity index (χ0n) is 12.4. The predicted molar refractivity (Wildman–Crippen MR) is 93.5 cm³/mol. The minimum atomic E-state index is -0.0974. The number of aromatic nitrogens is 1. The number of anilines is 1. The van der Waals surface area contributed by atoms with E-state index in [2.05, 4.69) is 10.3 Å². The quantitative estimate of drug-likeness (QED) is 0.706. The molecule has 116 valence electrons. The van der Waals surface area contributed by atoms with E-state index in [1.807, 2.05) is 36.4 Å². The van der Waals surface area contributed by atoms with Crippen molar-refractivity contribution in [1.82, 2.24) is 4.98 Å². The summed E-state index contributed by atoms with van der Waals surface area (Å²) in [5.74, 6) is 0.185. The Morgan fingerprint density at radius 2 is 2.00 bits per heavy atom. The van der Waals surface area contributed by atoms with Gasteiger partial charge >= 0.3 is 0 Å². The van der Waals surface area contributed by atoms with Crippen molar-refractivity contribution in [2.45, 2.75) is 11.6 Å². The monoisotopic (exact) mass is 324 g/mol. The van der Waals surface area contributed by atoms with Gasteiger partial charge in [0.2, 0.25) is 5.91 Å². The van der Waals surface area contributed by atoms with Gasteiger partial charge in [-0.25, -0.2) is 4.98 Å². The van der Waals surface area contributed by atoms with Gasteiger partial charge < -0.3 is 10.4 Å². The summed E-state index contributed by atoms with van der Waals surface area (Å²) in [4.78, 5) is 16.5. The first kappa shape index (κ1) is 15.5. The minimum Gasteiger partial charge on any atom is -0.392 e. The molecule has 3 rings (SSSR count). The lowest BCUT2D eigenvalue weighted by Crippen LogP contribution is -2.14. The molecule has 0 aliphatic rings. The number of nitrogens with one attached hydrogen (secondary N) is 1. The van der Waals surface area contributed by atoms with E-state index in [0.29, 0.717) is 5.69 Å². The van der Waals surface area contributed by atoms with Gasteiger partial charge in [0.1, 0.15) is 5.03 Å². The second-order valence-electron chi connectivity index (χ2n) is 5.03. The Labute approximate surface area is 138 Å². The Morgan fingerprint density at radius 3 is 2.87 bits per heavy atom. The molecule has 0 fully saturated rings. The van der Waals surface area contributed by atoms with Crippen LogP contribution >= 0.6 is 11.8 Å². The molecule has 0 atom stereocenters. The third kappa shape index (κ3) is 3.88. The summed E-state index contributed by atoms with van der Waals surface area (Å²) in [7, 11) is 0. The molecule has 0 unspecified atom stereocenters. The molecule has 3 aromatic rings. The summed E-state index contributed by atoms with van der Waals surface area (Å²) in [6.45, 7) is -0.0433. The van der Waals surface area contributed by atoms with Gasteiger partial charge in [-0.1, -0.05) is 48.2 Å². The van der Waals surface area contributed by atoms with E-state index in [1.54, 1.807) is 24.4 Å². The van der Waals surface area contributed by atoms with Gasteiger partial charge in [-0.2, -0.15) is 0 Å². The smallest absolute Gasteiger partial charge is 0.234 e. The molecule has 23 heavy (non-hydrogen) atoms. The highest BCUT2D eigenvalue weighted by atomic mass is 32.2. The van der Waals surface area contributed by atoms with Crippen molar-refractivity contribution >= 4 is 34.1 Å². The van der Waals surface area contributed by atoms with Crippen LogP contribution in [0.25, 0.3) is 10.8 Å². The molecule has 0 saturated heterocycles. The maximum absolute atomic E-state index is 12.1. The fraction of sp³-hybridized carbons (Fsp3) is 0.111. The summed E-state index contributed by atoms with van der Waals surface area (Å²) >= 11 is 1.41. The fourth-order valence-electron chi connectivity index (χ4n) is 2.29. The highest BCUT2D eigenvalue weighted by Gasteiger charge is 2.07. The summed E-state index contributed by atoms with van der Waals surface area (Å²) in [5, 5.41) is 15.0. The van der Waals surface area contributed by atoms with Crippen molar-refractivity contribution in [2.75, 3.05) is 11.1 Å². The number of hydrogen-bond acceptors (Lipinski definition) is 4. The van der Waals surface area contributed by atoms with Gasteiger partial charge in [-0.15, -0.1) is 0 Å². The van der Waals surface area contributed by atoms with Crippen LogP contribution in [0.3, 0.4) is 0 Å². The van der Waals surface area contributed by atoms with E-state index in [0.717, 1.165) is 21.4 Å². The van der Waals surface area contributed by atoms with Crippen LogP contribution in [0.2, 0.25) is 0 Å². The van der Waals surface area contributed by atoms with Crippen LogP contribution in [0.15, 0.2) is 65.8 Å². The topological polar surface area (TPSA) is 62.2 Å². The number of aliphatic hydroxyl groups excluding tert-OH is 1. The SMILES string of the molecule is O=C(CSc1nccc2ccccc12)Nc1cccc(CO)c1. The molecule has 1 heterocycles. The average Bonchev–Trinajstić information content (AvgIpc) is 2.60. The summed E-state index contributed by atoms with van der Waals surface area (Å²) in [6, 6.07) is 17.1. The summed E-state index contributed by atoms with van der Waals surface area (Å²) < 4.78 is 0. The van der Waals surface area contributed by atoms with Crippen molar-refractivity contribution in [3.8, 4) is 0 Å². The number of fused-ring (bicyclic) bond motifs is 1. The first-order valence-corrected chi connectivity index (χ1v) is 8.21. The van der Waals surface area contributed by atoms with Crippen molar-refractivity contribution in [3.63, 3.8) is 0 Å². The van der Waals surface area contributed by atoms with Gasteiger partial charge in [0.25, 0.3) is 0 Å². The number of thioether (sulfide) groups is 1. The van der Waals surface area contributed by atoms with Crippen LogP contribution in [0, 0.1) is 0 Å². The van der Waals surface area contributed by atoms with Crippen molar-refractivity contribution in [1.29, 1.82) is 0 Å². The summed E-state index contributed by atoms with van der Waals surface area (Å²) in [6.07, 6.45) is 1.76. The van der Waals surface area contributed by atoms with Gasteiger partial charge in [0.05, 0.1) is 12.4 Å². The number of amides is 1. The van der Waals surface area contributed by atoms with E-state index in [1.165, 1.54) is 11.8 Å². The lowest BCUT2D eigenvalue weighted by atomic mass is 10.2. The second-order valence-corrected chi connectivity index (χ2v) is 6.00. The normalized spacial score (nSPS) is 10.7. The Bertz CT molecular complexity index is 831. The molecule has 0 bridgehead atoms. The van der Waals surface area contributed by atoms with Crippen LogP contribution in [0.5, 0.6) is 0 Å². The van der Waals surface area contributed by atoms with Crippen LogP contribution in [0.1, 0.15) is 5.56 Å². The molecule has 0 spiro atoms. The number of carbonyl (C=O) groups excluding carboxylic acids is 1. The number of pyridine rings is 1. The lowest BCUT2D eigenvalue weighted by molar-refractivity contribution is -0.113. The van der Waals surface area contributed by atoms with Crippen LogP contribution < -0.4 is 5.32 Å². The number of nitrogens with zero attached hydrogens (tertiary/aromatic N) is 1. The molecule has 0 aliphatic carbocycles. The first-order chi connectivity index (χ1) is 11.3. The molecule has 2 N–H and O–H groups in total. The molecule has 0 saturated carbocycles. The standard InChI is InChI=1S/C18H16N2O2S/c21-11-13-4-3-6-15(10-13)20-17(22)12-23-18-16-7-2-1-5-14(16)8-9-19-18/h1-10,21H,11-12H2,(H,20,22). The maximum atomic E-state index is 12.1. The van der Waals surface area contributed by atoms with E-state index in [4.69, 9.17) is 5.11 Å². The van der Waals surface area contributed by atoms with E-state index >= 15 is 0 Å². The highest BCUT2D eigenvalue weighted by molar-refractivity contribution is 8.00. The molecule has 1 amide bonds. The zero-order chi connectivity index (χ0) is 16.1. The maximum Gasteiger partial charge on any atom is 0.234 e. The summed E-state index contributed by atoms with van der Waals surface area (Å²) in [5.41, 5.74) is 1.46. The third-order valence-electron chi connectivity index (χ3n) is 3.37. The first-order valence-electron chi connectivity index (χ1n) is 7.22. The molecule has 2 aromatic carbocycles. The number of carbonyl (C=O) groups is 1. The number of rotatable bonds is 5. The second kappa shape index (κ2) is 7.26. The molecule has 0 aliphatic heterocycles. The Hall–Kier alpha value is -2.37. The zero-order valence-corrected chi connectivity index (χ0v) is 13.2. The minimum absolute atomic E-state index is 0.0433. The Morgan fingerprint density at radius 1 is 1.13 bits per heavy atom. The van der Waals surface area contributed by atoms with Gasteiger partial charge in [-0.3, -0.25) is 4.79 Å². The number of aliphatic hydroxyl groups is 1. The van der Waals surface area contributed by atoms with Crippen LogP contribution in [-0.4, -0.2) is 21.8 Å². The molecule has 0 radical (unpaired) electrons.